The van der Waals surface area contributed by atoms with Gasteiger partial charge in [0, 0.05) is 40.5 Å². The summed E-state index contributed by atoms with van der Waals surface area (Å²) < 4.78 is 9.23. The minimum atomic E-state index is -0.0873. The van der Waals surface area contributed by atoms with Gasteiger partial charge in [0.25, 0.3) is 0 Å². The molecule has 0 fully saturated rings. The van der Waals surface area contributed by atoms with Crippen molar-refractivity contribution >= 4 is 44.6 Å². The van der Waals surface area contributed by atoms with Crippen LogP contribution in [-0.4, -0.2) is 16.2 Å². The molecule has 8 rings (SSSR count). The molecule has 1 aliphatic heterocycles. The van der Waals surface area contributed by atoms with Crippen molar-refractivity contribution in [1.82, 2.24) is 9.55 Å². The molecule has 0 spiro atoms. The van der Waals surface area contributed by atoms with Gasteiger partial charge in [0.1, 0.15) is 24.0 Å². The molecule has 0 saturated carbocycles. The van der Waals surface area contributed by atoms with Crippen LogP contribution in [0.5, 0.6) is 11.5 Å². The van der Waals surface area contributed by atoms with Crippen molar-refractivity contribution in [3.63, 3.8) is 0 Å². The molecule has 1 aliphatic rings. The van der Waals surface area contributed by atoms with Crippen molar-refractivity contribution in [2.45, 2.75) is 78.6 Å². The number of anilines is 4. The summed E-state index contributed by atoms with van der Waals surface area (Å²) in [4.78, 5) is 9.73. The molecule has 0 radical (unpaired) electrons. The molecule has 0 N–H and O–H groups in total. The largest absolute Gasteiger partial charge is 0.457 e. The number of ether oxygens (including phenoxy) is 1. The maximum atomic E-state index is 6.91. The van der Waals surface area contributed by atoms with Gasteiger partial charge in [-0.2, -0.15) is 0 Å². The fourth-order valence-electron chi connectivity index (χ4n) is 7.62. The lowest BCUT2D eigenvalue weighted by Gasteiger charge is -2.26. The maximum absolute atomic E-state index is 6.91. The van der Waals surface area contributed by atoms with E-state index >= 15 is 0 Å². The van der Waals surface area contributed by atoms with E-state index in [1.165, 1.54) is 44.5 Å². The van der Waals surface area contributed by atoms with E-state index in [4.69, 9.17) is 9.72 Å². The second-order valence-electron chi connectivity index (χ2n) is 17.5. The molecule has 3 heterocycles. The summed E-state index contributed by atoms with van der Waals surface area (Å²) in [6.45, 7) is 21.1. The summed E-state index contributed by atoms with van der Waals surface area (Å²) >= 11 is 0. The van der Waals surface area contributed by atoms with Gasteiger partial charge in [0.15, 0.2) is 0 Å². The first-order valence-electron chi connectivity index (χ1n) is 18.7. The molecule has 5 heteroatoms. The lowest BCUT2D eigenvalue weighted by atomic mass is 9.84. The van der Waals surface area contributed by atoms with Crippen LogP contribution in [0.25, 0.3) is 27.6 Å². The highest BCUT2D eigenvalue weighted by molar-refractivity contribution is 6.11. The van der Waals surface area contributed by atoms with E-state index in [-0.39, 0.29) is 16.2 Å². The highest BCUT2D eigenvalue weighted by atomic mass is 16.5. The zero-order chi connectivity index (χ0) is 37.3. The molecule has 0 saturated heterocycles. The first kappa shape index (κ1) is 34.5. The summed E-state index contributed by atoms with van der Waals surface area (Å²) in [5.41, 5.74) is 10.5. The number of nitrogens with zero attached hydrogens (tertiary/aromatic N) is 4. The quantitative estimate of drug-likeness (QED) is 0.179. The SMILES string of the molecule is CC(C)(C)c1cc(Oc2ccc3c4c(C(C)(C)C)cccc4n(-c4cc(C(C)(C)C)ccn4)c3c2)cc(N2CN(c3ccccc3)c3ccccc32)c1. The van der Waals surface area contributed by atoms with Crippen molar-refractivity contribution in [1.29, 1.82) is 0 Å². The Kier molecular flexibility index (Phi) is 8.17. The van der Waals surface area contributed by atoms with Gasteiger partial charge >= 0.3 is 0 Å². The van der Waals surface area contributed by atoms with Crippen molar-refractivity contribution in [3.8, 4) is 17.3 Å². The van der Waals surface area contributed by atoms with E-state index in [2.05, 4.69) is 198 Å². The first-order chi connectivity index (χ1) is 25.2. The average molecular weight is 699 g/mol. The van der Waals surface area contributed by atoms with Crippen molar-refractivity contribution in [2.75, 3.05) is 16.5 Å². The van der Waals surface area contributed by atoms with Crippen molar-refractivity contribution < 1.29 is 4.74 Å². The zero-order valence-corrected chi connectivity index (χ0v) is 32.5. The van der Waals surface area contributed by atoms with Crippen LogP contribution in [0.15, 0.2) is 128 Å². The Labute approximate surface area is 314 Å². The summed E-state index contributed by atoms with van der Waals surface area (Å²) in [7, 11) is 0. The molecule has 0 atom stereocenters. The van der Waals surface area contributed by atoms with Crippen LogP contribution >= 0.6 is 0 Å². The predicted octanol–water partition coefficient (Wildman–Crippen LogP) is 13.1. The molecular formula is C48H50N4O. The molecule has 2 aromatic heterocycles. The van der Waals surface area contributed by atoms with Gasteiger partial charge in [-0.1, -0.05) is 105 Å². The molecule has 7 aromatic rings. The Hall–Kier alpha value is -5.55. The van der Waals surface area contributed by atoms with Gasteiger partial charge in [0.05, 0.1) is 22.4 Å². The molecule has 5 aromatic carbocycles. The summed E-state index contributed by atoms with van der Waals surface area (Å²) in [6.07, 6.45) is 1.94. The summed E-state index contributed by atoms with van der Waals surface area (Å²) in [5, 5.41) is 2.46. The van der Waals surface area contributed by atoms with E-state index in [1.807, 2.05) is 6.20 Å². The summed E-state index contributed by atoms with van der Waals surface area (Å²) in [6, 6.07) is 43.6. The summed E-state index contributed by atoms with van der Waals surface area (Å²) in [5.74, 6) is 2.51. The van der Waals surface area contributed by atoms with Crippen molar-refractivity contribution in [2.24, 2.45) is 0 Å². The van der Waals surface area contributed by atoms with E-state index < -0.39 is 0 Å². The Balaban J connectivity index is 1.27. The Morgan fingerprint density at radius 1 is 0.528 bits per heavy atom. The molecule has 0 aliphatic carbocycles. The van der Waals surface area contributed by atoms with Crippen LogP contribution in [0.2, 0.25) is 0 Å². The molecule has 0 amide bonds. The number of benzene rings is 5. The van der Waals surface area contributed by atoms with Gasteiger partial charge < -0.3 is 14.5 Å². The fourth-order valence-corrected chi connectivity index (χ4v) is 7.62. The van der Waals surface area contributed by atoms with Crippen LogP contribution < -0.4 is 14.5 Å². The van der Waals surface area contributed by atoms with Crippen molar-refractivity contribution in [3.05, 3.63) is 144 Å². The van der Waals surface area contributed by atoms with Crippen LogP contribution in [0.3, 0.4) is 0 Å². The minimum Gasteiger partial charge on any atom is -0.457 e. The fraction of sp³-hybridized carbons (Fsp3) is 0.271. The van der Waals surface area contributed by atoms with E-state index in [9.17, 15) is 0 Å². The molecule has 5 nitrogen and oxygen atoms in total. The topological polar surface area (TPSA) is 33.5 Å². The Morgan fingerprint density at radius 3 is 1.89 bits per heavy atom. The third-order valence-corrected chi connectivity index (χ3v) is 10.5. The third-order valence-electron chi connectivity index (χ3n) is 10.5. The molecule has 268 valence electrons. The van der Waals surface area contributed by atoms with Crippen LogP contribution in [-0.2, 0) is 16.2 Å². The highest BCUT2D eigenvalue weighted by Gasteiger charge is 2.30. The van der Waals surface area contributed by atoms with Gasteiger partial charge in [-0.3, -0.25) is 4.57 Å². The molecular weight excluding hydrogens is 649 g/mol. The van der Waals surface area contributed by atoms with E-state index in [0.29, 0.717) is 6.67 Å². The number of para-hydroxylation sites is 3. The van der Waals surface area contributed by atoms with Crippen LogP contribution in [0.4, 0.5) is 22.7 Å². The highest BCUT2D eigenvalue weighted by Crippen LogP contribution is 2.46. The second kappa shape index (κ2) is 12.5. The zero-order valence-electron chi connectivity index (χ0n) is 32.5. The normalized spacial score (nSPS) is 13.6. The third kappa shape index (κ3) is 6.33. The number of pyridine rings is 1. The van der Waals surface area contributed by atoms with Gasteiger partial charge in [-0.05, 0) is 99.7 Å². The lowest BCUT2D eigenvalue weighted by Crippen LogP contribution is -2.24. The number of aromatic nitrogens is 2. The smallest absolute Gasteiger partial charge is 0.137 e. The van der Waals surface area contributed by atoms with E-state index in [1.54, 1.807) is 0 Å². The monoisotopic (exact) mass is 698 g/mol. The standard InChI is InChI=1S/C48H50N4O/c1-46(2,3)32-24-25-49-44(28-32)52-42-21-15-18-39(48(7,8)9)45(42)38-23-22-36(30-43(38)52)53-37-27-33(47(4,5)6)26-35(29-37)51-31-50(34-16-11-10-12-17-34)40-19-13-14-20-41(40)51/h10-30H,31H2,1-9H3. The predicted molar refractivity (Wildman–Crippen MR) is 223 cm³/mol. The lowest BCUT2D eigenvalue weighted by molar-refractivity contribution is 0.479. The average Bonchev–Trinajstić information content (AvgIpc) is 3.67. The number of hydrogen-bond donors (Lipinski definition) is 0. The Bertz CT molecular complexity index is 2470. The Morgan fingerprint density at radius 2 is 1.21 bits per heavy atom. The molecule has 53 heavy (non-hydrogen) atoms. The van der Waals surface area contributed by atoms with E-state index in [0.717, 1.165) is 34.0 Å². The minimum absolute atomic E-state index is 0.00888. The number of fused-ring (bicyclic) bond motifs is 4. The van der Waals surface area contributed by atoms with Crippen LogP contribution in [0.1, 0.15) is 79.0 Å². The van der Waals surface area contributed by atoms with Gasteiger partial charge in [0.2, 0.25) is 0 Å². The number of rotatable bonds is 5. The van der Waals surface area contributed by atoms with Crippen LogP contribution in [0, 0.1) is 0 Å². The number of hydrogen-bond acceptors (Lipinski definition) is 4. The molecule has 0 bridgehead atoms. The van der Waals surface area contributed by atoms with Gasteiger partial charge in [-0.25, -0.2) is 4.98 Å². The molecule has 0 unspecified atom stereocenters. The second-order valence-corrected chi connectivity index (χ2v) is 17.5. The van der Waals surface area contributed by atoms with Gasteiger partial charge in [-0.15, -0.1) is 0 Å². The maximum Gasteiger partial charge on any atom is 0.137 e. The first-order valence-corrected chi connectivity index (χ1v) is 18.7.